The van der Waals surface area contributed by atoms with Gasteiger partial charge in [-0.3, -0.25) is 9.89 Å². The van der Waals surface area contributed by atoms with E-state index in [0.29, 0.717) is 6.54 Å². The molecule has 9 heteroatoms. The van der Waals surface area contributed by atoms with Crippen molar-refractivity contribution in [3.05, 3.63) is 42.0 Å². The quantitative estimate of drug-likeness (QED) is 0.345. The Bertz CT molecular complexity index is 758. The molecule has 3 rings (SSSR count). The van der Waals surface area contributed by atoms with Gasteiger partial charge in [-0.25, -0.2) is 0 Å². The van der Waals surface area contributed by atoms with Crippen LogP contribution >= 0.6 is 24.0 Å². The second-order valence-electron chi connectivity index (χ2n) is 6.67. The van der Waals surface area contributed by atoms with E-state index in [1.807, 2.05) is 23.7 Å². The van der Waals surface area contributed by atoms with Crippen LogP contribution in [0.5, 0.6) is 5.75 Å². The molecule has 2 aromatic rings. The summed E-state index contributed by atoms with van der Waals surface area (Å²) < 4.78 is 7.50. The minimum absolute atomic E-state index is 0. The molecule has 1 fully saturated rings. The van der Waals surface area contributed by atoms with E-state index < -0.39 is 0 Å². The number of aryl methyl sites for hydroxylation is 1. The Morgan fingerprint density at radius 1 is 1.25 bits per heavy atom. The van der Waals surface area contributed by atoms with Crippen LogP contribution in [0.25, 0.3) is 0 Å². The fourth-order valence-electron chi connectivity index (χ4n) is 3.47. The second-order valence-corrected chi connectivity index (χ2v) is 6.67. The van der Waals surface area contributed by atoms with Gasteiger partial charge < -0.3 is 19.9 Å². The molecule has 1 aromatic carbocycles. The summed E-state index contributed by atoms with van der Waals surface area (Å²) in [6.07, 6.45) is 4.17. The lowest BCUT2D eigenvalue weighted by molar-refractivity contribution is 0.239. The first kappa shape index (κ1) is 22.4. The number of aromatic nitrogens is 3. The van der Waals surface area contributed by atoms with Gasteiger partial charge in [0.05, 0.1) is 19.7 Å². The van der Waals surface area contributed by atoms with Crippen LogP contribution in [0.2, 0.25) is 0 Å². The van der Waals surface area contributed by atoms with Gasteiger partial charge in [-0.05, 0) is 32.0 Å². The molecule has 0 radical (unpaired) electrons. The van der Waals surface area contributed by atoms with Gasteiger partial charge in [-0.15, -0.1) is 34.2 Å². The molecule has 2 N–H and O–H groups in total. The number of nitrogens with one attached hydrogen (secondary N) is 2. The van der Waals surface area contributed by atoms with Crippen LogP contribution in [-0.2, 0) is 13.6 Å². The summed E-state index contributed by atoms with van der Waals surface area (Å²) in [6, 6.07) is 8.50. The van der Waals surface area contributed by atoms with E-state index in [1.165, 1.54) is 18.4 Å². The first-order valence-corrected chi connectivity index (χ1v) is 9.37. The predicted molar refractivity (Wildman–Crippen MR) is 121 cm³/mol. The van der Waals surface area contributed by atoms with Gasteiger partial charge in [-0.2, -0.15) is 0 Å². The lowest BCUT2D eigenvalue weighted by Gasteiger charge is -2.30. The predicted octanol–water partition coefficient (Wildman–Crippen LogP) is 1.94. The van der Waals surface area contributed by atoms with Crippen LogP contribution < -0.4 is 15.4 Å². The van der Waals surface area contributed by atoms with Crippen molar-refractivity contribution in [2.75, 3.05) is 33.8 Å². The third-order valence-electron chi connectivity index (χ3n) is 4.98. The summed E-state index contributed by atoms with van der Waals surface area (Å²) in [5.41, 5.74) is 1.21. The fraction of sp³-hybridized carbons (Fsp3) is 0.526. The molecule has 8 nitrogen and oxygen atoms in total. The molecule has 1 aliphatic rings. The molecule has 1 unspecified atom stereocenters. The zero-order chi connectivity index (χ0) is 19.1. The maximum atomic E-state index is 5.61. The summed E-state index contributed by atoms with van der Waals surface area (Å²) in [6.45, 7) is 3.53. The first-order chi connectivity index (χ1) is 13.2. The topological polar surface area (TPSA) is 79.6 Å². The molecule has 1 aromatic heterocycles. The number of hydrogen-bond acceptors (Lipinski definition) is 5. The van der Waals surface area contributed by atoms with E-state index >= 15 is 0 Å². The summed E-state index contributed by atoms with van der Waals surface area (Å²) in [5, 5.41) is 14.8. The number of nitrogens with zero attached hydrogens (tertiary/aromatic N) is 5. The van der Waals surface area contributed by atoms with Gasteiger partial charge in [0.2, 0.25) is 0 Å². The summed E-state index contributed by atoms with van der Waals surface area (Å²) in [4.78, 5) is 6.85. The van der Waals surface area contributed by atoms with Gasteiger partial charge in [0.15, 0.2) is 11.8 Å². The van der Waals surface area contributed by atoms with E-state index in [1.54, 1.807) is 20.5 Å². The van der Waals surface area contributed by atoms with Gasteiger partial charge in [0, 0.05) is 26.2 Å². The average Bonchev–Trinajstić information content (AvgIpc) is 3.37. The average molecular weight is 499 g/mol. The number of benzene rings is 1. The van der Waals surface area contributed by atoms with E-state index in [-0.39, 0.29) is 30.0 Å². The highest BCUT2D eigenvalue weighted by Crippen LogP contribution is 2.31. The molecular formula is C19H30IN7O. The van der Waals surface area contributed by atoms with Gasteiger partial charge in [-0.1, -0.05) is 18.2 Å². The smallest absolute Gasteiger partial charge is 0.191 e. The Balaban J connectivity index is 0.00000280. The number of likely N-dealkylation sites (tertiary alicyclic amines) is 1. The van der Waals surface area contributed by atoms with Crippen LogP contribution in [0, 0.1) is 0 Å². The third-order valence-corrected chi connectivity index (χ3v) is 4.98. The van der Waals surface area contributed by atoms with Crippen molar-refractivity contribution in [2.24, 2.45) is 12.0 Å². The Morgan fingerprint density at radius 3 is 2.64 bits per heavy atom. The van der Waals surface area contributed by atoms with Gasteiger partial charge in [0.25, 0.3) is 0 Å². The van der Waals surface area contributed by atoms with Crippen molar-refractivity contribution in [3.63, 3.8) is 0 Å². The highest BCUT2D eigenvalue weighted by atomic mass is 127. The Hall–Kier alpha value is -1.88. The van der Waals surface area contributed by atoms with E-state index in [9.17, 15) is 0 Å². The Labute approximate surface area is 183 Å². The summed E-state index contributed by atoms with van der Waals surface area (Å²) >= 11 is 0. The van der Waals surface area contributed by atoms with Gasteiger partial charge >= 0.3 is 0 Å². The minimum Gasteiger partial charge on any atom is -0.496 e. The molecule has 1 atom stereocenters. The normalized spacial score (nSPS) is 15.8. The van der Waals surface area contributed by atoms with Crippen molar-refractivity contribution in [1.29, 1.82) is 0 Å². The lowest BCUT2D eigenvalue weighted by atomic mass is 10.0. The highest BCUT2D eigenvalue weighted by molar-refractivity contribution is 14.0. The zero-order valence-electron chi connectivity index (χ0n) is 16.8. The van der Waals surface area contributed by atoms with Crippen molar-refractivity contribution in [2.45, 2.75) is 25.4 Å². The van der Waals surface area contributed by atoms with E-state index in [4.69, 9.17) is 4.74 Å². The number of aliphatic imine (C=N–C) groups is 1. The zero-order valence-corrected chi connectivity index (χ0v) is 19.1. The maximum absolute atomic E-state index is 5.61. The molecule has 1 aliphatic heterocycles. The van der Waals surface area contributed by atoms with Crippen molar-refractivity contribution in [3.8, 4) is 5.75 Å². The molecular weight excluding hydrogens is 469 g/mol. The molecule has 0 spiro atoms. The minimum atomic E-state index is 0. The fourth-order valence-corrected chi connectivity index (χ4v) is 3.47. The van der Waals surface area contributed by atoms with Crippen LogP contribution in [-0.4, -0.2) is 59.4 Å². The molecule has 2 heterocycles. The third kappa shape index (κ3) is 5.57. The number of halogens is 1. The maximum Gasteiger partial charge on any atom is 0.191 e. The second kappa shape index (κ2) is 11.2. The largest absolute Gasteiger partial charge is 0.496 e. The monoisotopic (exact) mass is 499 g/mol. The number of rotatable bonds is 7. The molecule has 154 valence electrons. The molecule has 0 aliphatic carbocycles. The Kier molecular flexibility index (Phi) is 8.97. The number of para-hydroxylation sites is 1. The van der Waals surface area contributed by atoms with Crippen molar-refractivity contribution < 1.29 is 4.74 Å². The molecule has 0 bridgehead atoms. The molecule has 1 saturated heterocycles. The molecule has 0 saturated carbocycles. The number of methoxy groups -OCH3 is 1. The van der Waals surface area contributed by atoms with Crippen LogP contribution in [0.3, 0.4) is 0 Å². The highest BCUT2D eigenvalue weighted by Gasteiger charge is 2.26. The van der Waals surface area contributed by atoms with Crippen molar-refractivity contribution >= 4 is 29.9 Å². The van der Waals surface area contributed by atoms with E-state index in [0.717, 1.165) is 37.2 Å². The number of ether oxygens (including phenoxy) is 1. The lowest BCUT2D eigenvalue weighted by Crippen LogP contribution is -2.42. The SMILES string of the molecule is CN=C(NCc1nncn1C)NCC(c1ccccc1OC)N1CCCC1.I. The molecule has 0 amide bonds. The number of hydrogen-bond donors (Lipinski definition) is 2. The summed E-state index contributed by atoms with van der Waals surface area (Å²) in [7, 11) is 5.44. The van der Waals surface area contributed by atoms with Crippen LogP contribution in [0.4, 0.5) is 0 Å². The van der Waals surface area contributed by atoms with Crippen LogP contribution in [0.1, 0.15) is 30.3 Å². The van der Waals surface area contributed by atoms with E-state index in [2.05, 4.69) is 42.9 Å². The van der Waals surface area contributed by atoms with Gasteiger partial charge in [0.1, 0.15) is 12.1 Å². The number of guanidine groups is 1. The Morgan fingerprint density at radius 2 is 2.00 bits per heavy atom. The first-order valence-electron chi connectivity index (χ1n) is 9.37. The van der Waals surface area contributed by atoms with Crippen molar-refractivity contribution in [1.82, 2.24) is 30.3 Å². The summed E-state index contributed by atoms with van der Waals surface area (Å²) in [5.74, 6) is 2.54. The molecule has 28 heavy (non-hydrogen) atoms. The standard InChI is InChI=1S/C19H29N7O.HI/c1-20-19(22-13-18-24-23-14-25(18)2)21-12-16(26-10-6-7-11-26)15-8-4-5-9-17(15)27-3;/h4-5,8-9,14,16H,6-7,10-13H2,1-3H3,(H2,20,21,22);1H. The van der Waals surface area contributed by atoms with Crippen LogP contribution in [0.15, 0.2) is 35.6 Å².